The number of hydrogen-bond donors (Lipinski definition) is 1. The van der Waals surface area contributed by atoms with Crippen LogP contribution >= 0.6 is 0 Å². The lowest BCUT2D eigenvalue weighted by molar-refractivity contribution is 0.0321. The highest BCUT2D eigenvalue weighted by Gasteiger charge is 2.34. The standard InChI is InChI=1S/C14H17NO3/c1-2-12-8-15(14(16)17)9-13(12)18-10-11-6-4-3-5-7-11/h2-7,12-13H,1,8-10H2,(H,16,17). The summed E-state index contributed by atoms with van der Waals surface area (Å²) in [5.41, 5.74) is 1.09. The van der Waals surface area contributed by atoms with Crippen molar-refractivity contribution in [3.8, 4) is 0 Å². The zero-order chi connectivity index (χ0) is 13.0. The molecule has 1 N–H and O–H groups in total. The molecule has 4 heteroatoms. The first-order valence-electron chi connectivity index (χ1n) is 5.96. The van der Waals surface area contributed by atoms with E-state index in [1.807, 2.05) is 30.3 Å². The van der Waals surface area contributed by atoms with Gasteiger partial charge in [-0.05, 0) is 5.56 Å². The summed E-state index contributed by atoms with van der Waals surface area (Å²) in [5, 5.41) is 8.97. The van der Waals surface area contributed by atoms with Crippen molar-refractivity contribution >= 4 is 6.09 Å². The van der Waals surface area contributed by atoms with Crippen LogP contribution in [0.15, 0.2) is 43.0 Å². The fourth-order valence-corrected chi connectivity index (χ4v) is 2.14. The summed E-state index contributed by atoms with van der Waals surface area (Å²) in [4.78, 5) is 12.3. The lowest BCUT2D eigenvalue weighted by Crippen LogP contribution is -2.28. The Morgan fingerprint density at radius 2 is 2.17 bits per heavy atom. The van der Waals surface area contributed by atoms with Crippen molar-refractivity contribution in [1.29, 1.82) is 0 Å². The Bertz CT molecular complexity index is 418. The van der Waals surface area contributed by atoms with Crippen molar-refractivity contribution in [2.24, 2.45) is 5.92 Å². The number of hydrogen-bond acceptors (Lipinski definition) is 2. The number of amides is 1. The fraction of sp³-hybridized carbons (Fsp3) is 0.357. The maximum Gasteiger partial charge on any atom is 0.407 e. The zero-order valence-electron chi connectivity index (χ0n) is 10.2. The van der Waals surface area contributed by atoms with Crippen molar-refractivity contribution < 1.29 is 14.6 Å². The number of carboxylic acid groups (broad SMARTS) is 1. The second kappa shape index (κ2) is 5.69. The highest BCUT2D eigenvalue weighted by Crippen LogP contribution is 2.22. The van der Waals surface area contributed by atoms with E-state index in [0.717, 1.165) is 5.56 Å². The van der Waals surface area contributed by atoms with E-state index in [1.165, 1.54) is 4.90 Å². The second-order valence-electron chi connectivity index (χ2n) is 4.42. The molecule has 1 amide bonds. The molecule has 1 aliphatic rings. The summed E-state index contributed by atoms with van der Waals surface area (Å²) < 4.78 is 5.80. The molecule has 2 rings (SSSR count). The normalized spacial score (nSPS) is 23.0. The van der Waals surface area contributed by atoms with E-state index in [1.54, 1.807) is 6.08 Å². The summed E-state index contributed by atoms with van der Waals surface area (Å²) in [6.07, 6.45) is 0.782. The van der Waals surface area contributed by atoms with Crippen molar-refractivity contribution in [1.82, 2.24) is 4.90 Å². The average Bonchev–Trinajstić information content (AvgIpc) is 2.81. The van der Waals surface area contributed by atoms with Crippen LogP contribution in [0.4, 0.5) is 4.79 Å². The number of benzene rings is 1. The minimum absolute atomic E-state index is 0.0739. The Morgan fingerprint density at radius 3 is 2.78 bits per heavy atom. The van der Waals surface area contributed by atoms with E-state index >= 15 is 0 Å². The minimum Gasteiger partial charge on any atom is -0.465 e. The Morgan fingerprint density at radius 1 is 1.44 bits per heavy atom. The van der Waals surface area contributed by atoms with Crippen LogP contribution in [0.1, 0.15) is 5.56 Å². The molecule has 2 unspecified atom stereocenters. The molecule has 1 fully saturated rings. The van der Waals surface area contributed by atoms with E-state index in [4.69, 9.17) is 9.84 Å². The van der Waals surface area contributed by atoms with Gasteiger partial charge in [-0.1, -0.05) is 36.4 Å². The van der Waals surface area contributed by atoms with Gasteiger partial charge in [-0.3, -0.25) is 0 Å². The molecule has 1 saturated heterocycles. The van der Waals surface area contributed by atoms with E-state index < -0.39 is 6.09 Å². The number of nitrogens with zero attached hydrogens (tertiary/aromatic N) is 1. The molecular formula is C14H17NO3. The first kappa shape index (κ1) is 12.6. The van der Waals surface area contributed by atoms with Gasteiger partial charge in [0, 0.05) is 12.5 Å². The molecule has 0 bridgehead atoms. The van der Waals surface area contributed by atoms with Crippen molar-refractivity contribution in [3.63, 3.8) is 0 Å². The lowest BCUT2D eigenvalue weighted by atomic mass is 10.1. The summed E-state index contributed by atoms with van der Waals surface area (Å²) in [6, 6.07) is 9.86. The summed E-state index contributed by atoms with van der Waals surface area (Å²) in [6.45, 7) is 5.13. The predicted octanol–water partition coefficient (Wildman–Crippen LogP) is 2.37. The van der Waals surface area contributed by atoms with Gasteiger partial charge >= 0.3 is 6.09 Å². The van der Waals surface area contributed by atoms with Crippen LogP contribution in [0.2, 0.25) is 0 Å². The second-order valence-corrected chi connectivity index (χ2v) is 4.42. The maximum atomic E-state index is 10.9. The smallest absolute Gasteiger partial charge is 0.407 e. The van der Waals surface area contributed by atoms with Crippen LogP contribution in [0.3, 0.4) is 0 Å². The third-order valence-corrected chi connectivity index (χ3v) is 3.19. The quantitative estimate of drug-likeness (QED) is 0.831. The average molecular weight is 247 g/mol. The van der Waals surface area contributed by atoms with Gasteiger partial charge in [-0.2, -0.15) is 0 Å². The Kier molecular flexibility index (Phi) is 3.99. The van der Waals surface area contributed by atoms with Crippen LogP contribution < -0.4 is 0 Å². The highest BCUT2D eigenvalue weighted by atomic mass is 16.5. The first-order valence-corrected chi connectivity index (χ1v) is 5.96. The van der Waals surface area contributed by atoms with E-state index in [9.17, 15) is 4.79 Å². The van der Waals surface area contributed by atoms with E-state index in [0.29, 0.717) is 19.7 Å². The molecule has 0 radical (unpaired) electrons. The third-order valence-electron chi connectivity index (χ3n) is 3.19. The molecule has 1 aromatic carbocycles. The van der Waals surface area contributed by atoms with E-state index in [2.05, 4.69) is 6.58 Å². The molecule has 1 aromatic rings. The largest absolute Gasteiger partial charge is 0.465 e. The number of rotatable bonds is 4. The molecular weight excluding hydrogens is 230 g/mol. The van der Waals surface area contributed by atoms with Crippen LogP contribution in [0.25, 0.3) is 0 Å². The van der Waals surface area contributed by atoms with Gasteiger partial charge in [0.05, 0.1) is 19.3 Å². The fourth-order valence-electron chi connectivity index (χ4n) is 2.14. The summed E-state index contributed by atoms with van der Waals surface area (Å²) in [5.74, 6) is 0.0739. The Hall–Kier alpha value is -1.81. The van der Waals surface area contributed by atoms with Crippen LogP contribution in [0, 0.1) is 5.92 Å². The molecule has 4 nitrogen and oxygen atoms in total. The zero-order valence-corrected chi connectivity index (χ0v) is 10.2. The third kappa shape index (κ3) is 2.90. The molecule has 1 heterocycles. The van der Waals surface area contributed by atoms with Gasteiger partial charge in [0.15, 0.2) is 0 Å². The van der Waals surface area contributed by atoms with Crippen molar-refractivity contribution in [3.05, 3.63) is 48.6 Å². The Balaban J connectivity index is 1.92. The van der Waals surface area contributed by atoms with Crippen LogP contribution in [-0.4, -0.2) is 35.3 Å². The topological polar surface area (TPSA) is 49.8 Å². The van der Waals surface area contributed by atoms with Crippen LogP contribution in [-0.2, 0) is 11.3 Å². The van der Waals surface area contributed by atoms with Gasteiger partial charge in [0.25, 0.3) is 0 Å². The van der Waals surface area contributed by atoms with Crippen molar-refractivity contribution in [2.75, 3.05) is 13.1 Å². The molecule has 0 spiro atoms. The molecule has 96 valence electrons. The lowest BCUT2D eigenvalue weighted by Gasteiger charge is -2.15. The molecule has 18 heavy (non-hydrogen) atoms. The van der Waals surface area contributed by atoms with Crippen molar-refractivity contribution in [2.45, 2.75) is 12.7 Å². The van der Waals surface area contributed by atoms with Gasteiger partial charge in [-0.25, -0.2) is 4.79 Å². The number of likely N-dealkylation sites (tertiary alicyclic amines) is 1. The minimum atomic E-state index is -0.896. The van der Waals surface area contributed by atoms with Gasteiger partial charge < -0.3 is 14.7 Å². The molecule has 0 aliphatic carbocycles. The Labute approximate surface area is 106 Å². The maximum absolute atomic E-state index is 10.9. The van der Waals surface area contributed by atoms with Crippen LogP contribution in [0.5, 0.6) is 0 Å². The van der Waals surface area contributed by atoms with E-state index in [-0.39, 0.29) is 12.0 Å². The van der Waals surface area contributed by atoms with Gasteiger partial charge in [0.2, 0.25) is 0 Å². The molecule has 0 saturated carbocycles. The van der Waals surface area contributed by atoms with Gasteiger partial charge in [-0.15, -0.1) is 6.58 Å². The summed E-state index contributed by atoms with van der Waals surface area (Å²) >= 11 is 0. The molecule has 2 atom stereocenters. The number of carbonyl (C=O) groups is 1. The first-order chi connectivity index (χ1) is 8.70. The predicted molar refractivity (Wildman–Crippen MR) is 68.3 cm³/mol. The number of ether oxygens (including phenoxy) is 1. The summed E-state index contributed by atoms with van der Waals surface area (Å²) in [7, 11) is 0. The van der Waals surface area contributed by atoms with Gasteiger partial charge in [0.1, 0.15) is 0 Å². The molecule has 0 aromatic heterocycles. The highest BCUT2D eigenvalue weighted by molar-refractivity contribution is 5.65. The monoisotopic (exact) mass is 247 g/mol. The SMILES string of the molecule is C=CC1CN(C(=O)O)CC1OCc1ccccc1. The molecule has 1 aliphatic heterocycles.